The lowest BCUT2D eigenvalue weighted by atomic mass is 10.2. The molecule has 0 amide bonds. The molecule has 1 heterocycles. The molecule has 0 aliphatic rings. The molecule has 0 aliphatic heterocycles. The van der Waals surface area contributed by atoms with Gasteiger partial charge in [0.15, 0.2) is 0 Å². The highest BCUT2D eigenvalue weighted by atomic mass is 35.5. The van der Waals surface area contributed by atoms with E-state index in [1.807, 2.05) is 13.0 Å². The maximum absolute atomic E-state index is 5.91. The molecule has 0 aliphatic carbocycles. The van der Waals surface area contributed by atoms with E-state index in [4.69, 9.17) is 11.6 Å². The van der Waals surface area contributed by atoms with Crippen molar-refractivity contribution in [3.63, 3.8) is 0 Å². The van der Waals surface area contributed by atoms with Crippen molar-refractivity contribution in [1.29, 1.82) is 0 Å². The Labute approximate surface area is 109 Å². The standard InChI is InChI=1S/C13H22ClN3/c1-5-6-7-8-17(10(2)3)12-9-11(4)15-13(14)16-12/h9-10H,5-8H2,1-4H3. The molecule has 0 spiro atoms. The summed E-state index contributed by atoms with van der Waals surface area (Å²) in [6.07, 6.45) is 3.67. The van der Waals surface area contributed by atoms with Crippen LogP contribution in [0.25, 0.3) is 0 Å². The number of hydrogen-bond acceptors (Lipinski definition) is 3. The van der Waals surface area contributed by atoms with E-state index in [1.54, 1.807) is 0 Å². The van der Waals surface area contributed by atoms with E-state index >= 15 is 0 Å². The van der Waals surface area contributed by atoms with Gasteiger partial charge in [0.1, 0.15) is 5.82 Å². The molecular weight excluding hydrogens is 234 g/mol. The first-order valence-electron chi connectivity index (χ1n) is 6.32. The molecule has 0 bridgehead atoms. The number of hydrogen-bond donors (Lipinski definition) is 0. The van der Waals surface area contributed by atoms with Gasteiger partial charge in [0, 0.05) is 24.3 Å². The van der Waals surface area contributed by atoms with E-state index in [-0.39, 0.29) is 0 Å². The fraction of sp³-hybridized carbons (Fsp3) is 0.692. The Morgan fingerprint density at radius 3 is 2.53 bits per heavy atom. The van der Waals surface area contributed by atoms with Crippen molar-refractivity contribution < 1.29 is 0 Å². The lowest BCUT2D eigenvalue weighted by Gasteiger charge is -2.28. The largest absolute Gasteiger partial charge is 0.354 e. The Morgan fingerprint density at radius 2 is 2.00 bits per heavy atom. The van der Waals surface area contributed by atoms with Crippen LogP contribution in [0.15, 0.2) is 6.07 Å². The van der Waals surface area contributed by atoms with Crippen molar-refractivity contribution in [1.82, 2.24) is 9.97 Å². The summed E-state index contributed by atoms with van der Waals surface area (Å²) in [5, 5.41) is 0.334. The van der Waals surface area contributed by atoms with Crippen molar-refractivity contribution in [2.45, 2.75) is 53.0 Å². The molecule has 0 fully saturated rings. The van der Waals surface area contributed by atoms with Crippen molar-refractivity contribution in [3.8, 4) is 0 Å². The molecule has 3 nitrogen and oxygen atoms in total. The lowest BCUT2D eigenvalue weighted by molar-refractivity contribution is 0.619. The first-order valence-corrected chi connectivity index (χ1v) is 6.70. The molecule has 0 unspecified atom stereocenters. The summed E-state index contributed by atoms with van der Waals surface area (Å²) in [4.78, 5) is 10.7. The third-order valence-electron chi connectivity index (χ3n) is 2.73. The number of unbranched alkanes of at least 4 members (excludes halogenated alkanes) is 2. The van der Waals surface area contributed by atoms with Crippen molar-refractivity contribution >= 4 is 17.4 Å². The van der Waals surface area contributed by atoms with E-state index in [1.165, 1.54) is 19.3 Å². The van der Waals surface area contributed by atoms with Gasteiger partial charge >= 0.3 is 0 Å². The van der Waals surface area contributed by atoms with Gasteiger partial charge in [0.25, 0.3) is 0 Å². The normalized spacial score (nSPS) is 10.9. The smallest absolute Gasteiger partial charge is 0.224 e. The van der Waals surface area contributed by atoms with Crippen LogP contribution in [-0.4, -0.2) is 22.6 Å². The predicted molar refractivity (Wildman–Crippen MR) is 73.8 cm³/mol. The first kappa shape index (κ1) is 14.2. The molecule has 1 rings (SSSR count). The van der Waals surface area contributed by atoms with Gasteiger partial charge in [-0.3, -0.25) is 0 Å². The quantitative estimate of drug-likeness (QED) is 0.571. The summed E-state index contributed by atoms with van der Waals surface area (Å²) >= 11 is 5.91. The Kier molecular flexibility index (Phi) is 5.69. The van der Waals surface area contributed by atoms with Crippen molar-refractivity contribution in [2.24, 2.45) is 0 Å². The zero-order valence-corrected chi connectivity index (χ0v) is 12.0. The topological polar surface area (TPSA) is 29.0 Å². The van der Waals surface area contributed by atoms with Crippen LogP contribution in [0.4, 0.5) is 5.82 Å². The minimum absolute atomic E-state index is 0.334. The molecular formula is C13H22ClN3. The minimum Gasteiger partial charge on any atom is -0.354 e. The van der Waals surface area contributed by atoms with Crippen LogP contribution in [0.2, 0.25) is 5.28 Å². The van der Waals surface area contributed by atoms with E-state index in [0.29, 0.717) is 11.3 Å². The molecule has 96 valence electrons. The summed E-state index contributed by atoms with van der Waals surface area (Å²) in [6.45, 7) is 9.54. The van der Waals surface area contributed by atoms with E-state index in [9.17, 15) is 0 Å². The first-order chi connectivity index (χ1) is 8.04. The molecule has 1 aromatic heterocycles. The Morgan fingerprint density at radius 1 is 1.29 bits per heavy atom. The zero-order valence-electron chi connectivity index (χ0n) is 11.2. The molecule has 4 heteroatoms. The highest BCUT2D eigenvalue weighted by Gasteiger charge is 2.12. The monoisotopic (exact) mass is 255 g/mol. The molecule has 0 aromatic carbocycles. The third kappa shape index (κ3) is 4.50. The minimum atomic E-state index is 0.334. The second-order valence-electron chi connectivity index (χ2n) is 4.63. The number of aromatic nitrogens is 2. The van der Waals surface area contributed by atoms with Crippen LogP contribution in [0, 0.1) is 6.92 Å². The number of halogens is 1. The van der Waals surface area contributed by atoms with Gasteiger partial charge in [-0.1, -0.05) is 19.8 Å². The second kappa shape index (κ2) is 6.80. The summed E-state index contributed by atoms with van der Waals surface area (Å²) in [5.74, 6) is 0.939. The highest BCUT2D eigenvalue weighted by molar-refractivity contribution is 6.28. The molecule has 0 radical (unpaired) electrons. The summed E-state index contributed by atoms with van der Waals surface area (Å²) in [5.41, 5.74) is 0.918. The summed E-state index contributed by atoms with van der Waals surface area (Å²) in [7, 11) is 0. The number of rotatable bonds is 6. The van der Waals surface area contributed by atoms with Gasteiger partial charge in [-0.25, -0.2) is 9.97 Å². The molecule has 1 aromatic rings. The second-order valence-corrected chi connectivity index (χ2v) is 4.97. The number of anilines is 1. The zero-order chi connectivity index (χ0) is 12.8. The predicted octanol–water partition coefficient (Wildman–Crippen LogP) is 3.84. The summed E-state index contributed by atoms with van der Waals surface area (Å²) in [6, 6.07) is 2.43. The van der Waals surface area contributed by atoms with Crippen LogP contribution < -0.4 is 4.90 Å². The SMILES string of the molecule is CCCCCN(c1cc(C)nc(Cl)n1)C(C)C. The van der Waals surface area contributed by atoms with Gasteiger partial charge in [0.05, 0.1) is 0 Å². The molecule has 0 saturated heterocycles. The third-order valence-corrected chi connectivity index (χ3v) is 2.90. The van der Waals surface area contributed by atoms with Gasteiger partial charge in [-0.2, -0.15) is 0 Å². The van der Waals surface area contributed by atoms with Crippen molar-refractivity contribution in [2.75, 3.05) is 11.4 Å². The maximum atomic E-state index is 5.91. The molecule has 17 heavy (non-hydrogen) atoms. The maximum Gasteiger partial charge on any atom is 0.224 e. The van der Waals surface area contributed by atoms with E-state index in [2.05, 4.69) is 35.6 Å². The van der Waals surface area contributed by atoms with Crippen LogP contribution in [0.3, 0.4) is 0 Å². The fourth-order valence-corrected chi connectivity index (χ4v) is 2.05. The van der Waals surface area contributed by atoms with Gasteiger partial charge in [0.2, 0.25) is 5.28 Å². The average molecular weight is 256 g/mol. The number of nitrogens with zero attached hydrogens (tertiary/aromatic N) is 3. The molecule has 0 N–H and O–H groups in total. The van der Waals surface area contributed by atoms with Crippen molar-refractivity contribution in [3.05, 3.63) is 17.0 Å². The van der Waals surface area contributed by atoms with Gasteiger partial charge in [-0.15, -0.1) is 0 Å². The lowest BCUT2D eigenvalue weighted by Crippen LogP contribution is -2.32. The van der Waals surface area contributed by atoms with E-state index in [0.717, 1.165) is 18.1 Å². The Bertz CT molecular complexity index is 332. The molecule has 0 saturated carbocycles. The van der Waals surface area contributed by atoms with Crippen LogP contribution in [-0.2, 0) is 0 Å². The van der Waals surface area contributed by atoms with Gasteiger partial charge < -0.3 is 4.90 Å². The van der Waals surface area contributed by atoms with Crippen LogP contribution >= 0.6 is 11.6 Å². The van der Waals surface area contributed by atoms with E-state index < -0.39 is 0 Å². The van der Waals surface area contributed by atoms with Crippen LogP contribution in [0.5, 0.6) is 0 Å². The Hall–Kier alpha value is -0.830. The Balaban J connectivity index is 2.81. The average Bonchev–Trinajstić information content (AvgIpc) is 2.22. The fourth-order valence-electron chi connectivity index (χ4n) is 1.83. The summed E-state index contributed by atoms with van der Waals surface area (Å²) < 4.78 is 0. The number of aryl methyl sites for hydroxylation is 1. The van der Waals surface area contributed by atoms with Gasteiger partial charge in [-0.05, 0) is 38.8 Å². The van der Waals surface area contributed by atoms with Crippen LogP contribution in [0.1, 0.15) is 45.7 Å². The molecule has 0 atom stereocenters. The highest BCUT2D eigenvalue weighted by Crippen LogP contribution is 2.18.